The number of hydrogen-bond acceptors (Lipinski definition) is 7. The molecule has 40 heavy (non-hydrogen) atoms. The van der Waals surface area contributed by atoms with Gasteiger partial charge >= 0.3 is 6.18 Å². The highest BCUT2D eigenvalue weighted by Gasteiger charge is 2.29. The predicted octanol–water partition coefficient (Wildman–Crippen LogP) is 6.02. The fourth-order valence-corrected chi connectivity index (χ4v) is 6.63. The molecule has 1 aromatic carbocycles. The second-order valence-electron chi connectivity index (χ2n) is 10.4. The number of halogens is 3. The lowest BCUT2D eigenvalue weighted by molar-refractivity contribution is -0.126. The number of nitrogens with one attached hydrogen (secondary N) is 1. The van der Waals surface area contributed by atoms with Gasteiger partial charge in [-0.1, -0.05) is 12.1 Å². The van der Waals surface area contributed by atoms with E-state index in [0.29, 0.717) is 34.8 Å². The SMILES string of the molecule is Cc1c(CN2CCC(Nc3ncnc4sc(CC(F)(F)F)cc34)CC2)ccc2c1cc(C#N)n2CC1=NCC=C1. The molecule has 0 unspecified atom stereocenters. The van der Waals surface area contributed by atoms with Crippen molar-refractivity contribution >= 4 is 44.0 Å². The van der Waals surface area contributed by atoms with Crippen LogP contribution in [0.1, 0.15) is 34.5 Å². The van der Waals surface area contributed by atoms with E-state index in [1.807, 2.05) is 22.8 Å². The van der Waals surface area contributed by atoms with E-state index in [1.54, 1.807) is 6.07 Å². The van der Waals surface area contributed by atoms with Gasteiger partial charge in [0, 0.05) is 41.5 Å². The molecule has 0 atom stereocenters. The molecule has 2 aliphatic heterocycles. The van der Waals surface area contributed by atoms with Crippen molar-refractivity contribution in [1.29, 1.82) is 5.26 Å². The van der Waals surface area contributed by atoms with Crippen LogP contribution in [0.3, 0.4) is 0 Å². The molecule has 1 fully saturated rings. The average Bonchev–Trinajstić information content (AvgIpc) is 3.66. The van der Waals surface area contributed by atoms with Crippen molar-refractivity contribution in [3.8, 4) is 6.07 Å². The van der Waals surface area contributed by atoms with E-state index < -0.39 is 12.6 Å². The maximum absolute atomic E-state index is 12.9. The van der Waals surface area contributed by atoms with Crippen LogP contribution in [0.5, 0.6) is 0 Å². The Labute approximate surface area is 233 Å². The highest BCUT2D eigenvalue weighted by atomic mass is 32.1. The van der Waals surface area contributed by atoms with Gasteiger partial charge in [0.1, 0.15) is 28.7 Å². The molecule has 11 heteroatoms. The summed E-state index contributed by atoms with van der Waals surface area (Å²) in [4.78, 5) is 16.2. The zero-order valence-corrected chi connectivity index (χ0v) is 22.8. The second-order valence-corrected chi connectivity index (χ2v) is 11.5. The van der Waals surface area contributed by atoms with E-state index in [0.717, 1.165) is 60.4 Å². The van der Waals surface area contributed by atoms with Gasteiger partial charge in [-0.2, -0.15) is 18.4 Å². The number of nitrogens with zero attached hydrogens (tertiary/aromatic N) is 6. The summed E-state index contributed by atoms with van der Waals surface area (Å²) in [6, 6.07) is 10.3. The number of alkyl halides is 3. The third-order valence-electron chi connectivity index (χ3n) is 7.69. The number of piperidine rings is 1. The maximum atomic E-state index is 12.9. The van der Waals surface area contributed by atoms with Gasteiger partial charge in [0.25, 0.3) is 0 Å². The number of aromatic nitrogens is 3. The Morgan fingerprint density at radius 3 is 2.67 bits per heavy atom. The van der Waals surface area contributed by atoms with E-state index in [-0.39, 0.29) is 10.9 Å². The van der Waals surface area contributed by atoms with Crippen LogP contribution in [0.15, 0.2) is 47.7 Å². The number of likely N-dealkylation sites (tertiary alicyclic amines) is 1. The van der Waals surface area contributed by atoms with Crippen LogP contribution in [0.2, 0.25) is 0 Å². The van der Waals surface area contributed by atoms with Gasteiger partial charge in [-0.25, -0.2) is 9.97 Å². The number of aryl methyl sites for hydroxylation is 1. The molecule has 0 saturated carbocycles. The third kappa shape index (κ3) is 5.46. The topological polar surface area (TPSA) is 82.1 Å². The molecule has 0 aliphatic carbocycles. The van der Waals surface area contributed by atoms with Gasteiger partial charge in [0.15, 0.2) is 0 Å². The van der Waals surface area contributed by atoms with Crippen molar-refractivity contribution in [1.82, 2.24) is 19.4 Å². The summed E-state index contributed by atoms with van der Waals surface area (Å²) in [6.45, 7) is 6.02. The van der Waals surface area contributed by atoms with Crippen LogP contribution >= 0.6 is 11.3 Å². The summed E-state index contributed by atoms with van der Waals surface area (Å²) in [5.41, 5.74) is 5.10. The van der Waals surface area contributed by atoms with Crippen LogP contribution in [-0.4, -0.2) is 57.0 Å². The number of nitriles is 1. The molecule has 6 rings (SSSR count). The van der Waals surface area contributed by atoms with Crippen LogP contribution in [0.4, 0.5) is 19.0 Å². The lowest BCUT2D eigenvalue weighted by Gasteiger charge is -2.33. The van der Waals surface area contributed by atoms with Gasteiger partial charge < -0.3 is 9.88 Å². The van der Waals surface area contributed by atoms with E-state index in [4.69, 9.17) is 0 Å². The van der Waals surface area contributed by atoms with Gasteiger partial charge in [-0.15, -0.1) is 11.3 Å². The number of fused-ring (bicyclic) bond motifs is 2. The van der Waals surface area contributed by atoms with Gasteiger partial charge in [0.05, 0.1) is 30.6 Å². The second kappa shape index (κ2) is 10.7. The normalized spacial score (nSPS) is 16.6. The van der Waals surface area contributed by atoms with Gasteiger partial charge in [0.2, 0.25) is 0 Å². The zero-order valence-electron chi connectivity index (χ0n) is 22.0. The molecule has 3 aromatic heterocycles. The first-order valence-electron chi connectivity index (χ1n) is 13.3. The molecule has 1 N–H and O–H groups in total. The first-order valence-corrected chi connectivity index (χ1v) is 14.1. The first kappa shape index (κ1) is 26.5. The standard InChI is InChI=1S/C29H28F3N7S/c1-18-19(4-5-26-24(18)11-22(14-33)39(26)16-21-3-2-8-34-21)15-38-9-6-20(7-10-38)37-27-25-12-23(13-29(30,31)32)40-28(25)36-17-35-27/h2-5,11-12,17,20H,6-10,13,15-16H2,1H3,(H,35,36,37). The highest BCUT2D eigenvalue weighted by Crippen LogP contribution is 2.33. The molecule has 2 aliphatic rings. The van der Waals surface area contributed by atoms with Gasteiger partial charge in [-0.05, 0) is 55.2 Å². The largest absolute Gasteiger partial charge is 0.393 e. The number of benzene rings is 1. The number of thiophene rings is 1. The Morgan fingerprint density at radius 2 is 1.95 bits per heavy atom. The van der Waals surface area contributed by atoms with Crippen LogP contribution in [-0.2, 0) is 19.5 Å². The van der Waals surface area contributed by atoms with Crippen molar-refractivity contribution in [2.45, 2.75) is 51.5 Å². The summed E-state index contributed by atoms with van der Waals surface area (Å²) in [7, 11) is 0. The summed E-state index contributed by atoms with van der Waals surface area (Å²) in [6.07, 6.45) is 2.06. The summed E-state index contributed by atoms with van der Waals surface area (Å²) < 4.78 is 40.7. The predicted molar refractivity (Wildman–Crippen MR) is 152 cm³/mol. The molecule has 0 spiro atoms. The smallest absolute Gasteiger partial charge is 0.367 e. The molecule has 7 nitrogen and oxygen atoms in total. The van der Waals surface area contributed by atoms with Crippen molar-refractivity contribution in [3.05, 3.63) is 64.4 Å². The fourth-order valence-electron chi connectivity index (χ4n) is 5.61. The Morgan fingerprint density at radius 1 is 1.12 bits per heavy atom. The zero-order chi connectivity index (χ0) is 27.9. The molecule has 4 aromatic rings. The molecule has 1 saturated heterocycles. The Bertz CT molecular complexity index is 1670. The van der Waals surface area contributed by atoms with E-state index in [9.17, 15) is 18.4 Å². The van der Waals surface area contributed by atoms with Crippen molar-refractivity contribution in [2.24, 2.45) is 4.99 Å². The van der Waals surface area contributed by atoms with Crippen LogP contribution in [0, 0.1) is 18.3 Å². The molecule has 206 valence electrons. The van der Waals surface area contributed by atoms with Crippen LogP contribution < -0.4 is 5.32 Å². The molecule has 0 bridgehead atoms. The lowest BCUT2D eigenvalue weighted by Crippen LogP contribution is -2.39. The summed E-state index contributed by atoms with van der Waals surface area (Å²) in [5, 5.41) is 15.0. The number of anilines is 1. The minimum absolute atomic E-state index is 0.184. The highest BCUT2D eigenvalue weighted by molar-refractivity contribution is 7.18. The monoisotopic (exact) mass is 563 g/mol. The van der Waals surface area contributed by atoms with Crippen molar-refractivity contribution in [3.63, 3.8) is 0 Å². The Hall–Kier alpha value is -3.75. The van der Waals surface area contributed by atoms with Crippen molar-refractivity contribution < 1.29 is 13.2 Å². The Kier molecular flexibility index (Phi) is 7.06. The molecule has 5 heterocycles. The van der Waals surface area contributed by atoms with Gasteiger partial charge in [-0.3, -0.25) is 9.89 Å². The maximum Gasteiger partial charge on any atom is 0.393 e. The van der Waals surface area contributed by atoms with Crippen molar-refractivity contribution in [2.75, 3.05) is 25.0 Å². The van der Waals surface area contributed by atoms with E-state index in [1.165, 1.54) is 17.5 Å². The minimum Gasteiger partial charge on any atom is -0.367 e. The van der Waals surface area contributed by atoms with E-state index >= 15 is 0 Å². The summed E-state index contributed by atoms with van der Waals surface area (Å²) in [5.74, 6) is 0.603. The molecule has 0 radical (unpaired) electrons. The number of allylic oxidation sites excluding steroid dienone is 1. The number of aliphatic imine (C=N–C) groups is 1. The molecular formula is C29H28F3N7S. The minimum atomic E-state index is -4.25. The summed E-state index contributed by atoms with van der Waals surface area (Å²) >= 11 is 1.07. The lowest BCUT2D eigenvalue weighted by atomic mass is 10.0. The molecular weight excluding hydrogens is 535 g/mol. The average molecular weight is 564 g/mol. The number of hydrogen-bond donors (Lipinski definition) is 1. The fraction of sp³-hybridized carbons (Fsp3) is 0.379. The van der Waals surface area contributed by atoms with Crippen LogP contribution in [0.25, 0.3) is 21.1 Å². The first-order chi connectivity index (χ1) is 19.3. The van der Waals surface area contributed by atoms with E-state index in [2.05, 4.69) is 50.3 Å². The number of rotatable bonds is 7. The quantitative estimate of drug-likeness (QED) is 0.298. The third-order valence-corrected chi connectivity index (χ3v) is 8.73. The molecule has 0 amide bonds. The Balaban J connectivity index is 1.12.